The molecule has 2 aliphatic rings. The first kappa shape index (κ1) is 26.8. The SMILES string of the molecule is CC(=O)Nc1cc(Nc2nc(S(C)(=O)=O)ccc2C2CCOCC2)c(-c2ccc3c(n2)OCC(C)(C)O3)cn1. The van der Waals surface area contributed by atoms with Gasteiger partial charge in [-0.25, -0.2) is 23.4 Å². The third kappa shape index (κ3) is 6.12. The van der Waals surface area contributed by atoms with Gasteiger partial charge in [-0.1, -0.05) is 6.07 Å². The molecule has 12 heteroatoms. The number of pyridine rings is 3. The first-order chi connectivity index (χ1) is 18.5. The van der Waals surface area contributed by atoms with Crippen molar-refractivity contribution >= 4 is 33.1 Å². The van der Waals surface area contributed by atoms with Crippen LogP contribution in [0.5, 0.6) is 11.6 Å². The lowest BCUT2D eigenvalue weighted by molar-refractivity contribution is -0.114. The van der Waals surface area contributed by atoms with Crippen LogP contribution < -0.4 is 20.1 Å². The van der Waals surface area contributed by atoms with E-state index in [4.69, 9.17) is 14.2 Å². The van der Waals surface area contributed by atoms with Gasteiger partial charge in [0.2, 0.25) is 5.91 Å². The Kier molecular flexibility index (Phi) is 7.17. The monoisotopic (exact) mass is 553 g/mol. The Labute approximate surface area is 227 Å². The number of amides is 1. The van der Waals surface area contributed by atoms with Gasteiger partial charge in [-0.05, 0) is 56.4 Å². The molecule has 0 spiro atoms. The van der Waals surface area contributed by atoms with Crippen molar-refractivity contribution in [2.45, 2.75) is 50.2 Å². The molecule has 0 unspecified atom stereocenters. The highest BCUT2D eigenvalue weighted by Gasteiger charge is 2.30. The summed E-state index contributed by atoms with van der Waals surface area (Å²) in [5.41, 5.74) is 2.09. The van der Waals surface area contributed by atoms with Gasteiger partial charge < -0.3 is 24.8 Å². The Bertz CT molecular complexity index is 1520. The van der Waals surface area contributed by atoms with Gasteiger partial charge in [0, 0.05) is 44.2 Å². The van der Waals surface area contributed by atoms with Gasteiger partial charge in [-0.3, -0.25) is 4.79 Å². The van der Waals surface area contributed by atoms with E-state index in [1.165, 1.54) is 13.0 Å². The fraction of sp³-hybridized carbons (Fsp3) is 0.407. The molecule has 5 rings (SSSR count). The van der Waals surface area contributed by atoms with Crippen LogP contribution in [0.25, 0.3) is 11.3 Å². The van der Waals surface area contributed by atoms with Crippen LogP contribution in [0.2, 0.25) is 0 Å². The molecular weight excluding hydrogens is 522 g/mol. The van der Waals surface area contributed by atoms with Gasteiger partial charge in [0.15, 0.2) is 20.6 Å². The van der Waals surface area contributed by atoms with Gasteiger partial charge >= 0.3 is 0 Å². The van der Waals surface area contributed by atoms with Crippen molar-refractivity contribution in [3.05, 3.63) is 42.1 Å². The van der Waals surface area contributed by atoms with Crippen LogP contribution in [-0.4, -0.2) is 61.0 Å². The molecule has 2 aliphatic heterocycles. The topological polar surface area (TPSA) is 142 Å². The van der Waals surface area contributed by atoms with Crippen LogP contribution in [0.4, 0.5) is 17.3 Å². The molecule has 3 aromatic rings. The Morgan fingerprint density at radius 3 is 2.59 bits per heavy atom. The lowest BCUT2D eigenvalue weighted by Crippen LogP contribution is -2.39. The smallest absolute Gasteiger partial charge is 0.257 e. The second-order valence-corrected chi connectivity index (χ2v) is 12.3. The molecule has 0 aromatic carbocycles. The highest BCUT2D eigenvalue weighted by Crippen LogP contribution is 2.39. The zero-order chi connectivity index (χ0) is 27.8. The fourth-order valence-electron chi connectivity index (χ4n) is 4.56. The number of anilines is 3. The number of nitrogens with one attached hydrogen (secondary N) is 2. The van der Waals surface area contributed by atoms with Crippen molar-refractivity contribution in [3.8, 4) is 22.9 Å². The van der Waals surface area contributed by atoms with Gasteiger partial charge in [-0.15, -0.1) is 0 Å². The number of nitrogens with zero attached hydrogens (tertiary/aromatic N) is 3. The summed E-state index contributed by atoms with van der Waals surface area (Å²) in [4.78, 5) is 25.3. The fourth-order valence-corrected chi connectivity index (χ4v) is 5.14. The lowest BCUT2D eigenvalue weighted by atomic mass is 9.92. The molecule has 0 aliphatic carbocycles. The van der Waals surface area contributed by atoms with Gasteiger partial charge in [0.25, 0.3) is 5.88 Å². The van der Waals surface area contributed by atoms with E-state index in [1.54, 1.807) is 30.5 Å². The minimum Gasteiger partial charge on any atom is -0.479 e. The predicted octanol–water partition coefficient (Wildman–Crippen LogP) is 4.09. The summed E-state index contributed by atoms with van der Waals surface area (Å²) >= 11 is 0. The molecule has 11 nitrogen and oxygen atoms in total. The second kappa shape index (κ2) is 10.4. The summed E-state index contributed by atoms with van der Waals surface area (Å²) in [6.45, 7) is 6.84. The molecule has 1 fully saturated rings. The van der Waals surface area contributed by atoms with Crippen LogP contribution in [0.1, 0.15) is 45.1 Å². The third-order valence-electron chi connectivity index (χ3n) is 6.45. The first-order valence-electron chi connectivity index (χ1n) is 12.7. The van der Waals surface area contributed by atoms with Crippen LogP contribution >= 0.6 is 0 Å². The molecule has 0 atom stereocenters. The zero-order valence-corrected chi connectivity index (χ0v) is 23.1. The Morgan fingerprint density at radius 1 is 1.10 bits per heavy atom. The minimum absolute atomic E-state index is 0.0430. The van der Waals surface area contributed by atoms with Gasteiger partial charge in [-0.2, -0.15) is 0 Å². The van der Waals surface area contributed by atoms with E-state index in [9.17, 15) is 13.2 Å². The Balaban J connectivity index is 1.60. The maximum atomic E-state index is 12.4. The molecular formula is C27H31N5O6S. The van der Waals surface area contributed by atoms with Crippen molar-refractivity contribution in [2.24, 2.45) is 0 Å². The van der Waals surface area contributed by atoms with Crippen molar-refractivity contribution in [3.63, 3.8) is 0 Å². The summed E-state index contributed by atoms with van der Waals surface area (Å²) in [5, 5.41) is 5.99. The molecule has 39 heavy (non-hydrogen) atoms. The summed E-state index contributed by atoms with van der Waals surface area (Å²) in [5.74, 6) is 1.49. The highest BCUT2D eigenvalue weighted by atomic mass is 32.2. The van der Waals surface area contributed by atoms with Gasteiger partial charge in [0.05, 0.1) is 11.4 Å². The number of ether oxygens (including phenoxy) is 3. The van der Waals surface area contributed by atoms with Crippen LogP contribution in [0.3, 0.4) is 0 Å². The number of rotatable bonds is 6. The molecule has 206 valence electrons. The number of hydrogen-bond acceptors (Lipinski definition) is 10. The average molecular weight is 554 g/mol. The Hall–Kier alpha value is -3.77. The predicted molar refractivity (Wildman–Crippen MR) is 145 cm³/mol. The lowest BCUT2D eigenvalue weighted by Gasteiger charge is -2.31. The number of carbonyl (C=O) groups is 1. The van der Waals surface area contributed by atoms with Crippen molar-refractivity contribution in [2.75, 3.05) is 36.7 Å². The zero-order valence-electron chi connectivity index (χ0n) is 22.3. The maximum Gasteiger partial charge on any atom is 0.257 e. The molecule has 0 saturated carbocycles. The largest absolute Gasteiger partial charge is 0.479 e. The quantitative estimate of drug-likeness (QED) is 0.458. The molecule has 1 saturated heterocycles. The highest BCUT2D eigenvalue weighted by molar-refractivity contribution is 7.90. The van der Waals surface area contributed by atoms with Crippen molar-refractivity contribution < 1.29 is 27.4 Å². The van der Waals surface area contributed by atoms with E-state index in [0.717, 1.165) is 24.7 Å². The number of sulfone groups is 1. The summed E-state index contributed by atoms with van der Waals surface area (Å²) < 4.78 is 42.1. The van der Waals surface area contributed by atoms with Gasteiger partial charge in [0.1, 0.15) is 23.8 Å². The molecule has 5 heterocycles. The Morgan fingerprint density at radius 2 is 1.87 bits per heavy atom. The van der Waals surface area contributed by atoms with Crippen LogP contribution in [-0.2, 0) is 19.4 Å². The number of fused-ring (bicyclic) bond motifs is 1. The molecule has 1 amide bonds. The minimum atomic E-state index is -3.56. The molecule has 2 N–H and O–H groups in total. The molecule has 3 aromatic heterocycles. The second-order valence-electron chi connectivity index (χ2n) is 10.3. The number of carbonyl (C=O) groups excluding carboxylic acids is 1. The van der Waals surface area contributed by atoms with E-state index >= 15 is 0 Å². The first-order valence-corrected chi connectivity index (χ1v) is 14.5. The summed E-state index contributed by atoms with van der Waals surface area (Å²) in [7, 11) is -3.56. The van der Waals surface area contributed by atoms with E-state index in [1.807, 2.05) is 13.8 Å². The van der Waals surface area contributed by atoms with E-state index in [0.29, 0.717) is 60.0 Å². The van der Waals surface area contributed by atoms with E-state index in [2.05, 4.69) is 25.6 Å². The van der Waals surface area contributed by atoms with E-state index in [-0.39, 0.29) is 16.9 Å². The average Bonchev–Trinajstić information content (AvgIpc) is 2.88. The van der Waals surface area contributed by atoms with Crippen LogP contribution in [0.15, 0.2) is 41.6 Å². The van der Waals surface area contributed by atoms with Crippen LogP contribution in [0, 0.1) is 0 Å². The number of aromatic nitrogens is 3. The summed E-state index contributed by atoms with van der Waals surface area (Å²) in [6, 6.07) is 8.59. The van der Waals surface area contributed by atoms with E-state index < -0.39 is 15.4 Å². The van der Waals surface area contributed by atoms with Crippen molar-refractivity contribution in [1.82, 2.24) is 15.0 Å². The molecule has 0 bridgehead atoms. The third-order valence-corrected chi connectivity index (χ3v) is 7.43. The normalized spacial score (nSPS) is 16.9. The standard InChI is InChI=1S/C27H31N5O6S/c1-16(33)29-23-13-21(19(14-28-23)20-6-7-22-26(31-20)37-15-27(2,3)38-22)30-25-18(17-9-11-36-12-10-17)5-8-24(32-25)39(4,34)35/h5-8,13-14,17H,9-12,15H2,1-4H3,(H2,28,29,30,32,33). The number of hydrogen-bond donors (Lipinski definition) is 2. The molecule has 0 radical (unpaired) electrons. The maximum absolute atomic E-state index is 12.4. The summed E-state index contributed by atoms with van der Waals surface area (Å²) in [6.07, 6.45) is 4.29. The van der Waals surface area contributed by atoms with Crippen molar-refractivity contribution in [1.29, 1.82) is 0 Å².